The zero-order chi connectivity index (χ0) is 25.6. The first-order valence-electron chi connectivity index (χ1n) is 12.8. The monoisotopic (exact) mass is 492 g/mol. The maximum Gasteiger partial charge on any atom is 0.245 e. The van der Waals surface area contributed by atoms with Gasteiger partial charge in [-0.1, -0.05) is 60.7 Å². The maximum absolute atomic E-state index is 13.8. The molecule has 37 heavy (non-hydrogen) atoms. The largest absolute Gasteiger partial charge is 0.341 e. The topological polar surface area (TPSA) is 56.8 Å². The van der Waals surface area contributed by atoms with Gasteiger partial charge in [0.05, 0.1) is 12.1 Å². The molecule has 1 aliphatic heterocycles. The summed E-state index contributed by atoms with van der Waals surface area (Å²) < 4.78 is 0. The summed E-state index contributed by atoms with van der Waals surface area (Å²) in [5.41, 5.74) is 3.87. The van der Waals surface area contributed by atoms with Gasteiger partial charge < -0.3 is 4.90 Å². The number of hydrogen-bond donors (Lipinski definition) is 0. The van der Waals surface area contributed by atoms with E-state index in [1.165, 1.54) is 5.56 Å². The Bertz CT molecular complexity index is 1310. The minimum atomic E-state index is 0.0132. The standard InChI is InChI=1S/C31H32N4O2/c1-24(36)34-19-18-33(21-25(22-34)20-27-11-8-10-26-12-9-17-32-31(26)27)23-30(37)35(28-13-4-2-5-14-28)29-15-6-3-7-16-29/h2-17,25H,18-23H2,1H3/t25-/m1/s1. The number of fused-ring (bicyclic) bond motifs is 1. The second-order valence-electron chi connectivity index (χ2n) is 9.66. The van der Waals surface area contributed by atoms with Crippen LogP contribution < -0.4 is 4.90 Å². The van der Waals surface area contributed by atoms with Crippen LogP contribution in [0, 0.1) is 5.92 Å². The number of carbonyl (C=O) groups is 2. The molecule has 1 aromatic heterocycles. The summed E-state index contributed by atoms with van der Waals surface area (Å²) in [6.45, 7) is 4.58. The van der Waals surface area contributed by atoms with E-state index in [0.29, 0.717) is 19.6 Å². The summed E-state index contributed by atoms with van der Waals surface area (Å²) in [6, 6.07) is 29.8. The van der Waals surface area contributed by atoms with E-state index < -0.39 is 0 Å². The van der Waals surface area contributed by atoms with Crippen LogP contribution in [0.4, 0.5) is 11.4 Å². The number of hydrogen-bond acceptors (Lipinski definition) is 4. The number of aromatic nitrogens is 1. The van der Waals surface area contributed by atoms with Crippen molar-refractivity contribution in [3.05, 3.63) is 103 Å². The van der Waals surface area contributed by atoms with E-state index in [2.05, 4.69) is 34.1 Å². The van der Waals surface area contributed by atoms with Gasteiger partial charge in [-0.15, -0.1) is 0 Å². The van der Waals surface area contributed by atoms with Crippen molar-refractivity contribution in [3.8, 4) is 0 Å². The summed E-state index contributed by atoms with van der Waals surface area (Å²) in [4.78, 5) is 36.7. The van der Waals surface area contributed by atoms with Crippen molar-refractivity contribution in [1.82, 2.24) is 14.8 Å². The zero-order valence-electron chi connectivity index (χ0n) is 21.2. The van der Waals surface area contributed by atoms with Gasteiger partial charge in [0, 0.05) is 56.1 Å². The minimum absolute atomic E-state index is 0.0132. The summed E-state index contributed by atoms with van der Waals surface area (Å²) in [7, 11) is 0. The Labute approximate surface area is 218 Å². The Morgan fingerprint density at radius 3 is 2.19 bits per heavy atom. The van der Waals surface area contributed by atoms with Gasteiger partial charge in [0.2, 0.25) is 11.8 Å². The molecule has 1 saturated heterocycles. The van der Waals surface area contributed by atoms with Gasteiger partial charge in [-0.05, 0) is 48.2 Å². The predicted octanol–water partition coefficient (Wildman–Crippen LogP) is 4.92. The first-order valence-corrected chi connectivity index (χ1v) is 12.8. The van der Waals surface area contributed by atoms with Crippen molar-refractivity contribution < 1.29 is 9.59 Å². The van der Waals surface area contributed by atoms with Crippen LogP contribution in [0.5, 0.6) is 0 Å². The van der Waals surface area contributed by atoms with Crippen LogP contribution in [0.3, 0.4) is 0 Å². The predicted molar refractivity (Wildman–Crippen MR) is 148 cm³/mol. The molecule has 0 unspecified atom stereocenters. The molecule has 1 aliphatic rings. The van der Waals surface area contributed by atoms with E-state index >= 15 is 0 Å². The van der Waals surface area contributed by atoms with E-state index in [0.717, 1.165) is 35.2 Å². The lowest BCUT2D eigenvalue weighted by atomic mass is 9.96. The molecular weight excluding hydrogens is 460 g/mol. The van der Waals surface area contributed by atoms with Crippen LogP contribution in [0.1, 0.15) is 12.5 Å². The lowest BCUT2D eigenvalue weighted by Crippen LogP contribution is -2.41. The summed E-state index contributed by atoms with van der Waals surface area (Å²) in [5, 5.41) is 1.12. The first-order chi connectivity index (χ1) is 18.1. The molecule has 0 radical (unpaired) electrons. The Kier molecular flexibility index (Phi) is 7.57. The highest BCUT2D eigenvalue weighted by Crippen LogP contribution is 2.26. The van der Waals surface area contributed by atoms with Crippen LogP contribution in [0.15, 0.2) is 97.2 Å². The number of para-hydroxylation sites is 3. The molecular formula is C31H32N4O2. The minimum Gasteiger partial charge on any atom is -0.341 e. The molecule has 4 aromatic rings. The van der Waals surface area contributed by atoms with Gasteiger partial charge in [0.15, 0.2) is 0 Å². The number of nitrogens with zero attached hydrogens (tertiary/aromatic N) is 4. The van der Waals surface area contributed by atoms with E-state index in [9.17, 15) is 9.59 Å². The second-order valence-corrected chi connectivity index (χ2v) is 9.66. The molecule has 3 aromatic carbocycles. The van der Waals surface area contributed by atoms with Crippen LogP contribution in [0.25, 0.3) is 10.9 Å². The molecule has 6 heteroatoms. The van der Waals surface area contributed by atoms with Crippen LogP contribution in [-0.4, -0.2) is 59.3 Å². The van der Waals surface area contributed by atoms with Gasteiger partial charge in [-0.2, -0.15) is 0 Å². The van der Waals surface area contributed by atoms with Crippen molar-refractivity contribution in [2.75, 3.05) is 37.6 Å². The molecule has 5 rings (SSSR count). The van der Waals surface area contributed by atoms with Gasteiger partial charge in [0.25, 0.3) is 0 Å². The quantitative estimate of drug-likeness (QED) is 0.383. The third kappa shape index (κ3) is 5.87. The number of benzene rings is 3. The lowest BCUT2D eigenvalue weighted by Gasteiger charge is -2.28. The number of anilines is 2. The zero-order valence-corrected chi connectivity index (χ0v) is 21.2. The van der Waals surface area contributed by atoms with E-state index in [-0.39, 0.29) is 24.3 Å². The van der Waals surface area contributed by atoms with Gasteiger partial charge in [-0.3, -0.25) is 24.4 Å². The first kappa shape index (κ1) is 24.7. The van der Waals surface area contributed by atoms with Crippen molar-refractivity contribution in [3.63, 3.8) is 0 Å². The van der Waals surface area contributed by atoms with E-state index in [1.807, 2.05) is 77.8 Å². The molecule has 1 fully saturated rings. The molecule has 188 valence electrons. The third-order valence-electron chi connectivity index (χ3n) is 6.99. The average Bonchev–Trinajstić information content (AvgIpc) is 3.12. The Morgan fingerprint density at radius 1 is 0.838 bits per heavy atom. The Morgan fingerprint density at radius 2 is 1.51 bits per heavy atom. The average molecular weight is 493 g/mol. The van der Waals surface area contributed by atoms with E-state index in [4.69, 9.17) is 0 Å². The number of pyridine rings is 1. The molecule has 0 bridgehead atoms. The Hall–Kier alpha value is -4.03. The van der Waals surface area contributed by atoms with Crippen molar-refractivity contribution in [1.29, 1.82) is 0 Å². The van der Waals surface area contributed by atoms with Crippen LogP contribution in [0.2, 0.25) is 0 Å². The highest BCUT2D eigenvalue weighted by atomic mass is 16.2. The summed E-state index contributed by atoms with van der Waals surface area (Å²) in [6.07, 6.45) is 2.62. The number of rotatable bonds is 6. The normalized spacial score (nSPS) is 16.4. The van der Waals surface area contributed by atoms with Crippen molar-refractivity contribution in [2.45, 2.75) is 13.3 Å². The molecule has 0 aliphatic carbocycles. The maximum atomic E-state index is 13.8. The van der Waals surface area contributed by atoms with Gasteiger partial charge >= 0.3 is 0 Å². The van der Waals surface area contributed by atoms with Crippen molar-refractivity contribution >= 4 is 34.1 Å². The smallest absolute Gasteiger partial charge is 0.245 e. The second kappa shape index (κ2) is 11.4. The molecule has 1 atom stereocenters. The molecule has 6 nitrogen and oxygen atoms in total. The van der Waals surface area contributed by atoms with Crippen LogP contribution >= 0.6 is 0 Å². The van der Waals surface area contributed by atoms with E-state index in [1.54, 1.807) is 11.8 Å². The fraction of sp³-hybridized carbons (Fsp3) is 0.258. The Balaban J connectivity index is 1.39. The van der Waals surface area contributed by atoms with Crippen molar-refractivity contribution in [2.24, 2.45) is 5.92 Å². The van der Waals surface area contributed by atoms with Crippen LogP contribution in [-0.2, 0) is 16.0 Å². The molecule has 2 amide bonds. The summed E-state index contributed by atoms with van der Waals surface area (Å²) >= 11 is 0. The molecule has 0 spiro atoms. The van der Waals surface area contributed by atoms with Gasteiger partial charge in [0.1, 0.15) is 0 Å². The highest BCUT2D eigenvalue weighted by Gasteiger charge is 2.28. The van der Waals surface area contributed by atoms with Gasteiger partial charge in [-0.25, -0.2) is 0 Å². The molecule has 0 saturated carbocycles. The number of carbonyl (C=O) groups excluding carboxylic acids is 2. The number of amides is 2. The molecule has 0 N–H and O–H groups in total. The SMILES string of the molecule is CC(=O)N1CCN(CC(=O)N(c2ccccc2)c2ccccc2)C[C@@H](Cc2cccc3cccnc23)C1. The molecule has 2 heterocycles. The summed E-state index contributed by atoms with van der Waals surface area (Å²) in [5.74, 6) is 0.275. The lowest BCUT2D eigenvalue weighted by molar-refractivity contribution is -0.129. The fourth-order valence-electron chi connectivity index (χ4n) is 5.23. The highest BCUT2D eigenvalue weighted by molar-refractivity contribution is 6.01. The fourth-order valence-corrected chi connectivity index (χ4v) is 5.23. The third-order valence-corrected chi connectivity index (χ3v) is 6.99.